The first kappa shape index (κ1) is 33.7. The zero-order chi connectivity index (χ0) is 32.2. The molecule has 0 radical (unpaired) electrons. The number of hydrogen-bond donors (Lipinski definition) is 4. The Morgan fingerprint density at radius 2 is 1.27 bits per heavy atom. The summed E-state index contributed by atoms with van der Waals surface area (Å²) in [5.41, 5.74) is 6.57. The molecule has 0 atom stereocenters. The van der Waals surface area contributed by atoms with E-state index in [1.54, 1.807) is 66.7 Å². The number of unbranched alkanes of at least 4 members (excludes halogenated alkanes) is 1. The maximum atomic E-state index is 13.1. The van der Waals surface area contributed by atoms with Crippen LogP contribution in [0, 0.1) is 5.41 Å². The molecule has 0 fully saturated rings. The minimum atomic E-state index is -4.89. The second-order valence-corrected chi connectivity index (χ2v) is 11.8. The Bertz CT molecular complexity index is 1770. The molecule has 0 aliphatic rings. The lowest BCUT2D eigenvalue weighted by molar-refractivity contribution is 0.102. The number of carbonyl (C=O) groups is 1. The number of rotatable bonds is 12. The molecule has 4 aromatic carbocycles. The van der Waals surface area contributed by atoms with E-state index in [0.717, 1.165) is 25.0 Å². The van der Waals surface area contributed by atoms with Gasteiger partial charge in [0.2, 0.25) is 0 Å². The van der Waals surface area contributed by atoms with Crippen LogP contribution in [-0.2, 0) is 20.3 Å². The van der Waals surface area contributed by atoms with E-state index < -0.39 is 31.1 Å². The molecule has 4 rings (SSSR count). The zero-order valence-corrected chi connectivity index (χ0v) is 24.9. The van der Waals surface area contributed by atoms with Crippen molar-refractivity contribution in [2.45, 2.75) is 22.6 Å². The van der Waals surface area contributed by atoms with Crippen molar-refractivity contribution in [3.8, 4) is 11.5 Å². The summed E-state index contributed by atoms with van der Waals surface area (Å²) in [5, 5.41) is 9.99. The van der Waals surface area contributed by atoms with Gasteiger partial charge < -0.3 is 20.5 Å². The number of carbonyl (C=O) groups excluding carboxylic acids is 1. The van der Waals surface area contributed by atoms with Crippen LogP contribution in [-0.4, -0.2) is 46.3 Å². The molecule has 0 aliphatic heterocycles. The van der Waals surface area contributed by atoms with Gasteiger partial charge in [0.1, 0.15) is 17.3 Å². The average molecular weight is 644 g/mol. The first-order valence-corrected chi connectivity index (χ1v) is 15.8. The number of nitrogens with one attached hydrogen (secondary N) is 2. The van der Waals surface area contributed by atoms with Gasteiger partial charge in [0.25, 0.3) is 16.0 Å². The molecule has 0 unspecified atom stereocenters. The van der Waals surface area contributed by atoms with Crippen LogP contribution in [0.3, 0.4) is 0 Å². The smallest absolute Gasteiger partial charge is 0.332 e. The molecule has 14 heteroatoms. The van der Waals surface area contributed by atoms with E-state index in [0.29, 0.717) is 36.0 Å². The monoisotopic (exact) mass is 643 g/mol. The van der Waals surface area contributed by atoms with E-state index in [1.165, 1.54) is 24.3 Å². The molecule has 0 bridgehead atoms. The number of nitrogen functional groups attached to an aromatic ring is 1. The minimum absolute atomic E-state index is 0.0140. The molecule has 232 valence electrons. The van der Waals surface area contributed by atoms with Crippen LogP contribution in [0.15, 0.2) is 113 Å². The molecule has 11 nitrogen and oxygen atoms in total. The van der Waals surface area contributed by atoms with Crippen molar-refractivity contribution in [2.24, 2.45) is 5.73 Å². The molecule has 5 N–H and O–H groups in total. The summed E-state index contributed by atoms with van der Waals surface area (Å²) < 4.78 is 75.7. The van der Waals surface area contributed by atoms with Crippen LogP contribution in [0.1, 0.15) is 28.8 Å². The maximum Gasteiger partial charge on any atom is 0.332 e. The zero-order valence-electron chi connectivity index (χ0n) is 23.2. The first-order chi connectivity index (χ1) is 20.8. The third-order valence-electron chi connectivity index (χ3n) is 5.77. The summed E-state index contributed by atoms with van der Waals surface area (Å²) in [5.74, 6) is 0.793. The van der Waals surface area contributed by atoms with Gasteiger partial charge in [-0.3, -0.25) is 14.8 Å². The molecule has 44 heavy (non-hydrogen) atoms. The van der Waals surface area contributed by atoms with E-state index in [2.05, 4.69) is 5.32 Å². The first-order valence-electron chi connectivity index (χ1n) is 13.0. The number of benzene rings is 4. The van der Waals surface area contributed by atoms with Crippen LogP contribution >= 0.6 is 0 Å². The summed E-state index contributed by atoms with van der Waals surface area (Å²) in [7, 11) is -8.89. The van der Waals surface area contributed by atoms with Crippen molar-refractivity contribution >= 4 is 37.8 Å². The van der Waals surface area contributed by atoms with Crippen molar-refractivity contribution in [1.29, 1.82) is 5.41 Å². The topological polar surface area (TPSA) is 186 Å². The van der Waals surface area contributed by atoms with Gasteiger partial charge in [0, 0.05) is 16.8 Å². The molecule has 0 heterocycles. The Kier molecular flexibility index (Phi) is 12.0. The third kappa shape index (κ3) is 11.1. The van der Waals surface area contributed by atoms with Crippen molar-refractivity contribution in [1.82, 2.24) is 0 Å². The largest absolute Gasteiger partial charge is 0.494 e. The quantitative estimate of drug-likeness (QED) is 0.0539. The molecule has 0 aliphatic carbocycles. The van der Waals surface area contributed by atoms with E-state index in [9.17, 15) is 25.5 Å². The number of halogens is 1. The van der Waals surface area contributed by atoms with Crippen LogP contribution < -0.4 is 20.5 Å². The van der Waals surface area contributed by atoms with E-state index in [4.69, 9.17) is 25.2 Å². The van der Waals surface area contributed by atoms with Gasteiger partial charge in [-0.05, 0) is 91.7 Å². The number of amidine groups is 1. The number of anilines is 1. The van der Waals surface area contributed by atoms with Gasteiger partial charge >= 0.3 is 10.2 Å². The SMILES string of the molecule is N=C(N)c1ccc(OCCCCOc2ccc(NC(=O)c3cccc(S(=O)(=O)F)c3)cc2)cc1.O=S(=O)(O)c1ccccc1. The summed E-state index contributed by atoms with van der Waals surface area (Å²) >= 11 is 0. The lowest BCUT2D eigenvalue weighted by Gasteiger charge is -2.10. The maximum absolute atomic E-state index is 13.1. The highest BCUT2D eigenvalue weighted by atomic mass is 32.3. The second kappa shape index (κ2) is 15.6. The van der Waals surface area contributed by atoms with Gasteiger partial charge in [0.15, 0.2) is 0 Å². The van der Waals surface area contributed by atoms with Crippen molar-refractivity contribution in [3.05, 3.63) is 114 Å². The van der Waals surface area contributed by atoms with Crippen LogP contribution in [0.5, 0.6) is 11.5 Å². The molecular formula is C30H30FN3O8S2. The highest BCUT2D eigenvalue weighted by Gasteiger charge is 2.15. The fourth-order valence-corrected chi connectivity index (χ4v) is 4.54. The second-order valence-electron chi connectivity index (χ2n) is 9.07. The molecule has 0 saturated carbocycles. The van der Waals surface area contributed by atoms with Gasteiger partial charge in [0.05, 0.1) is 23.0 Å². The van der Waals surface area contributed by atoms with E-state index >= 15 is 0 Å². The normalized spacial score (nSPS) is 11.0. The molecule has 0 spiro atoms. The Morgan fingerprint density at radius 3 is 1.75 bits per heavy atom. The minimum Gasteiger partial charge on any atom is -0.494 e. The summed E-state index contributed by atoms with van der Waals surface area (Å²) in [4.78, 5) is 11.7. The Balaban J connectivity index is 0.000000448. The predicted octanol–water partition coefficient (Wildman–Crippen LogP) is 5.05. The Hall–Kier alpha value is -4.79. The van der Waals surface area contributed by atoms with Gasteiger partial charge in [-0.25, -0.2) is 0 Å². The number of ether oxygens (including phenoxy) is 2. The number of amides is 1. The van der Waals surface area contributed by atoms with E-state index in [-0.39, 0.29) is 16.3 Å². The van der Waals surface area contributed by atoms with Crippen molar-refractivity contribution < 1.29 is 39.5 Å². The Labute approximate surface area is 254 Å². The standard InChI is InChI=1S/C24H24FN3O5S.C6H6O3S/c25-34(30,31)22-5-3-4-18(16-22)24(29)28-19-8-12-21(13-9-19)33-15-2-1-14-32-20-10-6-17(7-11-20)23(26)27;7-10(8,9)6-4-2-1-3-5-6/h3-13,16H,1-2,14-15H2,(H3,26,27)(H,28,29);1-5H,(H,7,8,9). The molecule has 4 aromatic rings. The summed E-state index contributed by atoms with van der Waals surface area (Å²) in [6, 6.07) is 25.9. The van der Waals surface area contributed by atoms with Gasteiger partial charge in [-0.1, -0.05) is 24.3 Å². The fraction of sp³-hybridized carbons (Fsp3) is 0.133. The highest BCUT2D eigenvalue weighted by Crippen LogP contribution is 2.19. The lowest BCUT2D eigenvalue weighted by atomic mass is 10.2. The molecular weight excluding hydrogens is 613 g/mol. The lowest BCUT2D eigenvalue weighted by Crippen LogP contribution is -2.12. The molecule has 0 saturated heterocycles. The Morgan fingerprint density at radius 1 is 0.750 bits per heavy atom. The fourth-order valence-electron chi connectivity index (χ4n) is 3.53. The van der Waals surface area contributed by atoms with Crippen LogP contribution in [0.2, 0.25) is 0 Å². The van der Waals surface area contributed by atoms with Crippen molar-refractivity contribution in [2.75, 3.05) is 18.5 Å². The predicted molar refractivity (Wildman–Crippen MR) is 163 cm³/mol. The number of nitrogens with two attached hydrogens (primary N) is 1. The van der Waals surface area contributed by atoms with Crippen LogP contribution in [0.4, 0.5) is 9.57 Å². The third-order valence-corrected chi connectivity index (χ3v) is 7.46. The van der Waals surface area contributed by atoms with Crippen molar-refractivity contribution in [3.63, 3.8) is 0 Å². The summed E-state index contributed by atoms with van der Waals surface area (Å²) in [6.45, 7) is 1.02. The average Bonchev–Trinajstić information content (AvgIpc) is 3.00. The molecule has 1 amide bonds. The number of hydrogen-bond acceptors (Lipinski definition) is 8. The van der Waals surface area contributed by atoms with Gasteiger partial charge in [-0.2, -0.15) is 16.8 Å². The van der Waals surface area contributed by atoms with Gasteiger partial charge in [-0.15, -0.1) is 3.89 Å². The van der Waals surface area contributed by atoms with E-state index in [1.807, 2.05) is 0 Å². The molecule has 0 aromatic heterocycles. The summed E-state index contributed by atoms with van der Waals surface area (Å²) in [6.07, 6.45) is 1.56. The van der Waals surface area contributed by atoms with Crippen LogP contribution in [0.25, 0.3) is 0 Å². The highest BCUT2D eigenvalue weighted by molar-refractivity contribution is 7.86.